The molecule has 2 aromatic rings. The Bertz CT molecular complexity index is 758. The number of fused-ring (bicyclic) bond motifs is 1. The van der Waals surface area contributed by atoms with E-state index < -0.39 is 0 Å². The van der Waals surface area contributed by atoms with E-state index in [9.17, 15) is 4.79 Å². The van der Waals surface area contributed by atoms with Crippen LogP contribution < -0.4 is 14.8 Å². The summed E-state index contributed by atoms with van der Waals surface area (Å²) in [5.41, 5.74) is 3.93. The van der Waals surface area contributed by atoms with E-state index in [0.29, 0.717) is 21.5 Å². The van der Waals surface area contributed by atoms with Crippen LogP contribution in [0.5, 0.6) is 11.5 Å². The summed E-state index contributed by atoms with van der Waals surface area (Å²) in [6.45, 7) is 0. The molecule has 1 aliphatic carbocycles. The second kappa shape index (κ2) is 6.62. The summed E-state index contributed by atoms with van der Waals surface area (Å²) in [4.78, 5) is 12.6. The van der Waals surface area contributed by atoms with Gasteiger partial charge < -0.3 is 14.8 Å². The highest BCUT2D eigenvalue weighted by Gasteiger charge is 2.18. The number of hydrogen-bond donors (Lipinski definition) is 1. The minimum atomic E-state index is -0.223. The van der Waals surface area contributed by atoms with E-state index in [4.69, 9.17) is 9.47 Å². The van der Waals surface area contributed by atoms with E-state index in [1.165, 1.54) is 17.5 Å². The summed E-state index contributed by atoms with van der Waals surface area (Å²) < 4.78 is 11.3. The lowest BCUT2D eigenvalue weighted by molar-refractivity contribution is 0.102. The average molecular weight is 376 g/mol. The van der Waals surface area contributed by atoms with Crippen LogP contribution in [0.1, 0.15) is 27.9 Å². The Morgan fingerprint density at radius 1 is 1.09 bits per heavy atom. The van der Waals surface area contributed by atoms with E-state index in [1.807, 2.05) is 6.07 Å². The van der Waals surface area contributed by atoms with Crippen molar-refractivity contribution in [2.24, 2.45) is 0 Å². The molecule has 1 amide bonds. The maximum atomic E-state index is 12.6. The van der Waals surface area contributed by atoms with Crippen molar-refractivity contribution >= 4 is 27.5 Å². The number of methoxy groups -OCH3 is 2. The molecule has 0 fully saturated rings. The van der Waals surface area contributed by atoms with Crippen molar-refractivity contribution in [3.63, 3.8) is 0 Å². The maximum absolute atomic E-state index is 12.6. The van der Waals surface area contributed by atoms with Crippen LogP contribution in [0.2, 0.25) is 0 Å². The van der Waals surface area contributed by atoms with Crippen LogP contribution in [0.15, 0.2) is 34.8 Å². The van der Waals surface area contributed by atoms with Crippen LogP contribution in [0.25, 0.3) is 0 Å². The van der Waals surface area contributed by atoms with Crippen LogP contribution in [0, 0.1) is 0 Å². The number of hydrogen-bond acceptors (Lipinski definition) is 3. The van der Waals surface area contributed by atoms with Gasteiger partial charge >= 0.3 is 0 Å². The summed E-state index contributed by atoms with van der Waals surface area (Å²) in [7, 11) is 3.11. The minimum absolute atomic E-state index is 0.223. The number of amides is 1. The molecule has 0 saturated heterocycles. The van der Waals surface area contributed by atoms with Crippen LogP contribution in [0.3, 0.4) is 0 Å². The van der Waals surface area contributed by atoms with Gasteiger partial charge in [0.2, 0.25) is 0 Å². The zero-order chi connectivity index (χ0) is 16.4. The van der Waals surface area contributed by atoms with Gasteiger partial charge in [-0.1, -0.05) is 6.07 Å². The highest BCUT2D eigenvalue weighted by atomic mass is 79.9. The normalized spacial score (nSPS) is 12.7. The fourth-order valence-electron chi connectivity index (χ4n) is 2.91. The van der Waals surface area contributed by atoms with Crippen molar-refractivity contribution in [3.8, 4) is 11.5 Å². The third-order valence-electron chi connectivity index (χ3n) is 4.06. The fourth-order valence-corrected chi connectivity index (χ4v) is 3.51. The van der Waals surface area contributed by atoms with Gasteiger partial charge in [0.05, 0.1) is 24.3 Å². The predicted molar refractivity (Wildman–Crippen MR) is 93.7 cm³/mol. The molecule has 3 rings (SSSR count). The lowest BCUT2D eigenvalue weighted by Crippen LogP contribution is -2.14. The minimum Gasteiger partial charge on any atom is -0.497 e. The van der Waals surface area contributed by atoms with E-state index in [0.717, 1.165) is 18.5 Å². The largest absolute Gasteiger partial charge is 0.497 e. The van der Waals surface area contributed by atoms with E-state index in [-0.39, 0.29) is 5.91 Å². The van der Waals surface area contributed by atoms with E-state index in [2.05, 4.69) is 33.4 Å². The van der Waals surface area contributed by atoms with Crippen molar-refractivity contribution in [1.82, 2.24) is 0 Å². The van der Waals surface area contributed by atoms with Crippen molar-refractivity contribution < 1.29 is 14.3 Å². The molecular formula is C18H18BrNO3. The molecule has 1 N–H and O–H groups in total. The predicted octanol–water partition coefficient (Wildman–Crippen LogP) is 4.21. The fraction of sp³-hybridized carbons (Fsp3) is 0.278. The molecule has 0 heterocycles. The van der Waals surface area contributed by atoms with Crippen LogP contribution >= 0.6 is 15.9 Å². The van der Waals surface area contributed by atoms with E-state index >= 15 is 0 Å². The van der Waals surface area contributed by atoms with Gasteiger partial charge in [-0.3, -0.25) is 4.79 Å². The first-order chi connectivity index (χ1) is 11.1. The molecule has 120 valence electrons. The van der Waals surface area contributed by atoms with Crippen LogP contribution in [-0.2, 0) is 12.8 Å². The van der Waals surface area contributed by atoms with Crippen molar-refractivity contribution in [2.45, 2.75) is 19.3 Å². The molecule has 0 saturated carbocycles. The molecule has 0 aromatic heterocycles. The highest BCUT2D eigenvalue weighted by Crippen LogP contribution is 2.34. The van der Waals surface area contributed by atoms with Crippen molar-refractivity contribution in [1.29, 1.82) is 0 Å². The maximum Gasteiger partial charge on any atom is 0.259 e. The summed E-state index contributed by atoms with van der Waals surface area (Å²) in [6.07, 6.45) is 3.39. The molecule has 0 aliphatic heterocycles. The molecule has 5 heteroatoms. The van der Waals surface area contributed by atoms with Gasteiger partial charge in [-0.15, -0.1) is 0 Å². The molecule has 23 heavy (non-hydrogen) atoms. The Kier molecular flexibility index (Phi) is 4.57. The molecule has 4 nitrogen and oxygen atoms in total. The van der Waals surface area contributed by atoms with Gasteiger partial charge in [0.15, 0.2) is 0 Å². The molecule has 0 atom stereocenters. The Labute approximate surface area is 143 Å². The molecule has 0 unspecified atom stereocenters. The number of rotatable bonds is 4. The number of benzene rings is 2. The first kappa shape index (κ1) is 15.9. The van der Waals surface area contributed by atoms with Gasteiger partial charge in [-0.2, -0.15) is 0 Å². The van der Waals surface area contributed by atoms with E-state index in [1.54, 1.807) is 26.4 Å². The second-order valence-electron chi connectivity index (χ2n) is 5.48. The number of anilines is 1. The first-order valence-corrected chi connectivity index (χ1v) is 8.26. The smallest absolute Gasteiger partial charge is 0.259 e. The number of aryl methyl sites for hydroxylation is 2. The Hall–Kier alpha value is -2.01. The number of nitrogens with one attached hydrogen (secondary N) is 1. The quantitative estimate of drug-likeness (QED) is 0.870. The van der Waals surface area contributed by atoms with Crippen LogP contribution in [-0.4, -0.2) is 20.1 Å². The average Bonchev–Trinajstić information content (AvgIpc) is 3.01. The lowest BCUT2D eigenvalue weighted by Gasteiger charge is -2.13. The first-order valence-electron chi connectivity index (χ1n) is 7.47. The van der Waals surface area contributed by atoms with Gasteiger partial charge in [-0.05, 0) is 70.6 Å². The molecule has 1 aliphatic rings. The topological polar surface area (TPSA) is 47.6 Å². The molecule has 0 radical (unpaired) electrons. The molecule has 0 spiro atoms. The van der Waals surface area contributed by atoms with Crippen LogP contribution in [0.4, 0.5) is 5.69 Å². The Morgan fingerprint density at radius 3 is 2.61 bits per heavy atom. The number of carbonyl (C=O) groups excluding carboxylic acids is 1. The number of ether oxygens (including phenoxy) is 2. The third kappa shape index (κ3) is 3.20. The summed E-state index contributed by atoms with van der Waals surface area (Å²) >= 11 is 3.41. The number of carbonyl (C=O) groups is 1. The summed E-state index contributed by atoms with van der Waals surface area (Å²) in [5, 5.41) is 2.95. The standard InChI is InChI=1S/C18H18BrNO3/c1-22-14-9-15(17(23-2)16(19)10-14)18(21)20-13-7-6-11-4-3-5-12(11)8-13/h6-10H,3-5H2,1-2H3,(H,20,21). The van der Waals surface area contributed by atoms with Gasteiger partial charge in [0.25, 0.3) is 5.91 Å². The molecule has 0 bridgehead atoms. The Morgan fingerprint density at radius 2 is 1.87 bits per heavy atom. The monoisotopic (exact) mass is 375 g/mol. The third-order valence-corrected chi connectivity index (χ3v) is 4.65. The van der Waals surface area contributed by atoms with Gasteiger partial charge in [0, 0.05) is 5.69 Å². The molecular weight excluding hydrogens is 358 g/mol. The lowest BCUT2D eigenvalue weighted by atomic mass is 10.1. The highest BCUT2D eigenvalue weighted by molar-refractivity contribution is 9.10. The van der Waals surface area contributed by atoms with Gasteiger partial charge in [-0.25, -0.2) is 0 Å². The second-order valence-corrected chi connectivity index (χ2v) is 6.34. The Balaban J connectivity index is 1.90. The summed E-state index contributed by atoms with van der Waals surface area (Å²) in [6, 6.07) is 9.54. The SMILES string of the molecule is COc1cc(Br)c(OC)c(C(=O)Nc2ccc3c(c2)CCC3)c1. The van der Waals surface area contributed by atoms with Crippen molar-refractivity contribution in [2.75, 3.05) is 19.5 Å². The van der Waals surface area contributed by atoms with Crippen molar-refractivity contribution in [3.05, 3.63) is 51.5 Å². The number of halogens is 1. The zero-order valence-electron chi connectivity index (χ0n) is 13.1. The molecule has 2 aromatic carbocycles. The zero-order valence-corrected chi connectivity index (χ0v) is 14.7. The van der Waals surface area contributed by atoms with Gasteiger partial charge in [0.1, 0.15) is 11.5 Å². The summed E-state index contributed by atoms with van der Waals surface area (Å²) in [5.74, 6) is 0.862.